The minimum absolute atomic E-state index is 0.226. The highest BCUT2D eigenvalue weighted by atomic mass is 79.9. The third kappa shape index (κ3) is 3.56. The number of hydrogen-bond acceptors (Lipinski definition) is 3. The van der Waals surface area contributed by atoms with Crippen LogP contribution < -0.4 is 10.4 Å². The van der Waals surface area contributed by atoms with Crippen LogP contribution in [-0.2, 0) is 9.59 Å². The van der Waals surface area contributed by atoms with Crippen LogP contribution in [0.3, 0.4) is 0 Å². The van der Waals surface area contributed by atoms with Gasteiger partial charge in [-0.25, -0.2) is 0 Å². The predicted molar refractivity (Wildman–Crippen MR) is 73.2 cm³/mol. The van der Waals surface area contributed by atoms with Crippen molar-refractivity contribution >= 4 is 33.5 Å². The Morgan fingerprint density at radius 2 is 1.68 bits per heavy atom. The molecule has 1 aromatic carbocycles. The van der Waals surface area contributed by atoms with E-state index in [4.69, 9.17) is 0 Å². The van der Waals surface area contributed by atoms with Crippen molar-refractivity contribution in [2.75, 3.05) is 5.32 Å². The standard InChI is InChI=1S/C14H16BrNO3/c15-9-5-7-10(8-6-9)16-13(17)11-3-1-2-4-12(11)14(18)19/h5-8,11-12H,1-4H2,(H,16,17)(H,18,19)/p-1/t11-,12+/m0/s1. The van der Waals surface area contributed by atoms with E-state index in [-0.39, 0.29) is 5.91 Å². The zero-order valence-corrected chi connectivity index (χ0v) is 12.0. The van der Waals surface area contributed by atoms with Gasteiger partial charge < -0.3 is 15.2 Å². The van der Waals surface area contributed by atoms with E-state index in [1.54, 1.807) is 12.1 Å². The second kappa shape index (κ2) is 6.19. The van der Waals surface area contributed by atoms with Crippen molar-refractivity contribution in [1.29, 1.82) is 0 Å². The van der Waals surface area contributed by atoms with E-state index in [0.29, 0.717) is 18.5 Å². The quantitative estimate of drug-likeness (QED) is 0.923. The van der Waals surface area contributed by atoms with Crippen molar-refractivity contribution in [2.24, 2.45) is 11.8 Å². The number of rotatable bonds is 3. The summed E-state index contributed by atoms with van der Waals surface area (Å²) in [7, 11) is 0. The summed E-state index contributed by atoms with van der Waals surface area (Å²) in [6, 6.07) is 7.21. The molecule has 5 heteroatoms. The van der Waals surface area contributed by atoms with E-state index < -0.39 is 17.8 Å². The molecule has 2 rings (SSSR count). The van der Waals surface area contributed by atoms with Gasteiger partial charge in [-0.15, -0.1) is 0 Å². The van der Waals surface area contributed by atoms with Gasteiger partial charge in [0.15, 0.2) is 0 Å². The third-order valence-electron chi connectivity index (χ3n) is 3.52. The number of anilines is 1. The molecule has 1 N–H and O–H groups in total. The van der Waals surface area contributed by atoms with Crippen molar-refractivity contribution in [3.8, 4) is 0 Å². The smallest absolute Gasteiger partial charge is 0.228 e. The SMILES string of the molecule is O=C(Nc1ccc(Br)cc1)[C@H]1CCCC[C@H]1C(=O)[O-]. The van der Waals surface area contributed by atoms with Crippen LogP contribution in [0.4, 0.5) is 5.69 Å². The number of hydrogen-bond donors (Lipinski definition) is 1. The Morgan fingerprint density at radius 1 is 1.11 bits per heavy atom. The van der Waals surface area contributed by atoms with Gasteiger partial charge in [0.1, 0.15) is 0 Å². The van der Waals surface area contributed by atoms with E-state index >= 15 is 0 Å². The first-order chi connectivity index (χ1) is 9.08. The van der Waals surface area contributed by atoms with Gasteiger partial charge in [-0.3, -0.25) is 4.79 Å². The highest BCUT2D eigenvalue weighted by Gasteiger charge is 2.31. The number of aliphatic carboxylic acids is 1. The molecule has 1 aliphatic carbocycles. The van der Waals surface area contributed by atoms with Crippen LogP contribution in [0.5, 0.6) is 0 Å². The molecule has 0 spiro atoms. The van der Waals surface area contributed by atoms with E-state index in [9.17, 15) is 14.7 Å². The number of carbonyl (C=O) groups excluding carboxylic acids is 2. The van der Waals surface area contributed by atoms with Crippen LogP contribution in [-0.4, -0.2) is 11.9 Å². The maximum atomic E-state index is 12.2. The lowest BCUT2D eigenvalue weighted by molar-refractivity contribution is -0.313. The van der Waals surface area contributed by atoms with Crippen LogP contribution in [0.2, 0.25) is 0 Å². The summed E-state index contributed by atoms with van der Waals surface area (Å²) in [5, 5.41) is 13.8. The summed E-state index contributed by atoms with van der Waals surface area (Å²) < 4.78 is 0.927. The number of benzene rings is 1. The Balaban J connectivity index is 2.05. The summed E-state index contributed by atoms with van der Waals surface area (Å²) in [5.41, 5.74) is 0.677. The maximum Gasteiger partial charge on any atom is 0.228 e. The molecule has 1 aromatic rings. The van der Waals surface area contributed by atoms with Crippen molar-refractivity contribution < 1.29 is 14.7 Å². The van der Waals surface area contributed by atoms with E-state index in [1.165, 1.54) is 0 Å². The fourth-order valence-electron chi connectivity index (χ4n) is 2.49. The molecule has 0 radical (unpaired) electrons. The molecule has 4 nitrogen and oxygen atoms in total. The molecule has 102 valence electrons. The fourth-order valence-corrected chi connectivity index (χ4v) is 2.76. The number of amides is 1. The van der Waals surface area contributed by atoms with Crippen molar-refractivity contribution in [3.05, 3.63) is 28.7 Å². The summed E-state index contributed by atoms with van der Waals surface area (Å²) in [5.74, 6) is -2.49. The Bertz CT molecular complexity index is 472. The lowest BCUT2D eigenvalue weighted by Crippen LogP contribution is -2.42. The lowest BCUT2D eigenvalue weighted by atomic mass is 9.78. The average molecular weight is 325 g/mol. The second-order valence-electron chi connectivity index (χ2n) is 4.81. The molecule has 0 unspecified atom stereocenters. The van der Waals surface area contributed by atoms with Gasteiger partial charge >= 0.3 is 0 Å². The van der Waals surface area contributed by atoms with Crippen molar-refractivity contribution in [1.82, 2.24) is 0 Å². The summed E-state index contributed by atoms with van der Waals surface area (Å²) in [6.45, 7) is 0. The molecule has 1 saturated carbocycles. The number of carbonyl (C=O) groups is 2. The topological polar surface area (TPSA) is 69.2 Å². The monoisotopic (exact) mass is 324 g/mol. The van der Waals surface area contributed by atoms with Crippen LogP contribution in [0, 0.1) is 11.8 Å². The van der Waals surface area contributed by atoms with Gasteiger partial charge in [0.2, 0.25) is 5.91 Å². The largest absolute Gasteiger partial charge is 0.550 e. The molecule has 0 bridgehead atoms. The molecule has 0 aromatic heterocycles. The fraction of sp³-hybridized carbons (Fsp3) is 0.429. The van der Waals surface area contributed by atoms with Gasteiger partial charge in [-0.05, 0) is 37.1 Å². The first-order valence-electron chi connectivity index (χ1n) is 6.35. The molecular formula is C14H15BrNO3-. The van der Waals surface area contributed by atoms with Gasteiger partial charge in [0, 0.05) is 28.0 Å². The predicted octanol–water partition coefficient (Wildman–Crippen LogP) is 1.94. The first-order valence-corrected chi connectivity index (χ1v) is 7.14. The minimum atomic E-state index is -1.12. The van der Waals surface area contributed by atoms with Crippen molar-refractivity contribution in [3.63, 3.8) is 0 Å². The molecule has 2 atom stereocenters. The Labute approximate surface area is 120 Å². The van der Waals surface area contributed by atoms with Crippen LogP contribution >= 0.6 is 15.9 Å². The van der Waals surface area contributed by atoms with Gasteiger partial charge in [-0.1, -0.05) is 28.8 Å². The number of nitrogens with one attached hydrogen (secondary N) is 1. The Morgan fingerprint density at radius 3 is 2.26 bits per heavy atom. The molecule has 0 aliphatic heterocycles. The first kappa shape index (κ1) is 14.1. The lowest BCUT2D eigenvalue weighted by Gasteiger charge is -2.31. The Hall–Kier alpha value is -1.36. The average Bonchev–Trinajstić information content (AvgIpc) is 2.41. The van der Waals surface area contributed by atoms with Gasteiger partial charge in [-0.2, -0.15) is 0 Å². The number of carboxylic acid groups (broad SMARTS) is 1. The second-order valence-corrected chi connectivity index (χ2v) is 5.73. The summed E-state index contributed by atoms with van der Waals surface area (Å²) in [4.78, 5) is 23.2. The highest BCUT2D eigenvalue weighted by molar-refractivity contribution is 9.10. The maximum absolute atomic E-state index is 12.2. The van der Waals surface area contributed by atoms with E-state index in [2.05, 4.69) is 21.2 Å². The van der Waals surface area contributed by atoms with Gasteiger partial charge in [0.05, 0.1) is 0 Å². The molecule has 19 heavy (non-hydrogen) atoms. The molecular weight excluding hydrogens is 310 g/mol. The third-order valence-corrected chi connectivity index (χ3v) is 4.05. The molecule has 1 aliphatic rings. The zero-order valence-electron chi connectivity index (χ0n) is 10.4. The number of halogens is 1. The molecule has 0 heterocycles. The minimum Gasteiger partial charge on any atom is -0.550 e. The van der Waals surface area contributed by atoms with Crippen molar-refractivity contribution in [2.45, 2.75) is 25.7 Å². The van der Waals surface area contributed by atoms with Gasteiger partial charge in [0.25, 0.3) is 0 Å². The van der Waals surface area contributed by atoms with Crippen LogP contribution in [0.25, 0.3) is 0 Å². The summed E-state index contributed by atoms with van der Waals surface area (Å²) >= 11 is 3.32. The highest BCUT2D eigenvalue weighted by Crippen LogP contribution is 2.30. The number of carboxylic acids is 1. The molecule has 1 amide bonds. The van der Waals surface area contributed by atoms with E-state index in [1.807, 2.05) is 12.1 Å². The normalized spacial score (nSPS) is 22.8. The van der Waals surface area contributed by atoms with Crippen LogP contribution in [0.15, 0.2) is 28.7 Å². The summed E-state index contributed by atoms with van der Waals surface area (Å²) in [6.07, 6.45) is 2.88. The molecule has 0 saturated heterocycles. The van der Waals surface area contributed by atoms with E-state index in [0.717, 1.165) is 17.3 Å². The Kier molecular flexibility index (Phi) is 4.58. The zero-order chi connectivity index (χ0) is 13.8. The van der Waals surface area contributed by atoms with Crippen LogP contribution in [0.1, 0.15) is 25.7 Å². The molecule has 1 fully saturated rings.